The van der Waals surface area contributed by atoms with Gasteiger partial charge in [0.15, 0.2) is 0 Å². The number of hydrogen-bond donors (Lipinski definition) is 1. The van der Waals surface area contributed by atoms with Crippen LogP contribution in [-0.2, 0) is 13.0 Å². The molecule has 4 heteroatoms. The van der Waals surface area contributed by atoms with Gasteiger partial charge in [-0.1, -0.05) is 29.8 Å². The highest BCUT2D eigenvalue weighted by atomic mass is 35.5. The molecular formula is C16H16ClN3. The van der Waals surface area contributed by atoms with E-state index >= 15 is 0 Å². The monoisotopic (exact) mass is 285 g/mol. The predicted octanol–water partition coefficient (Wildman–Crippen LogP) is 3.32. The lowest BCUT2D eigenvalue weighted by atomic mass is 10.1. The number of pyridine rings is 1. The van der Waals surface area contributed by atoms with Crippen LogP contribution < -0.4 is 5.32 Å². The van der Waals surface area contributed by atoms with Crippen molar-refractivity contribution in [2.75, 3.05) is 6.54 Å². The van der Waals surface area contributed by atoms with Gasteiger partial charge in [-0.05, 0) is 42.8 Å². The molecule has 0 bridgehead atoms. The maximum Gasteiger partial charge on any atom is 0.0706 e. The van der Waals surface area contributed by atoms with Crippen molar-refractivity contribution in [2.24, 2.45) is 0 Å². The van der Waals surface area contributed by atoms with E-state index in [0.29, 0.717) is 0 Å². The zero-order valence-electron chi connectivity index (χ0n) is 11.1. The van der Waals surface area contributed by atoms with E-state index in [-0.39, 0.29) is 0 Å². The van der Waals surface area contributed by atoms with Gasteiger partial charge in [-0.15, -0.1) is 0 Å². The molecule has 0 aliphatic rings. The third-order valence-electron chi connectivity index (χ3n) is 3.33. The van der Waals surface area contributed by atoms with Gasteiger partial charge in [0.2, 0.25) is 0 Å². The summed E-state index contributed by atoms with van der Waals surface area (Å²) in [4.78, 5) is 0. The lowest BCUT2D eigenvalue weighted by Gasteiger charge is -2.04. The summed E-state index contributed by atoms with van der Waals surface area (Å²) in [6.07, 6.45) is 4.88. The number of benzene rings is 1. The smallest absolute Gasteiger partial charge is 0.0706 e. The van der Waals surface area contributed by atoms with Gasteiger partial charge in [0, 0.05) is 23.3 Å². The Hall–Kier alpha value is -1.84. The molecule has 0 atom stereocenters. The van der Waals surface area contributed by atoms with Crippen LogP contribution in [-0.4, -0.2) is 16.2 Å². The number of aromatic nitrogens is 2. The van der Waals surface area contributed by atoms with Gasteiger partial charge in [-0.3, -0.25) is 0 Å². The molecule has 20 heavy (non-hydrogen) atoms. The van der Waals surface area contributed by atoms with Gasteiger partial charge in [-0.2, -0.15) is 5.10 Å². The van der Waals surface area contributed by atoms with Crippen LogP contribution in [0.1, 0.15) is 11.1 Å². The summed E-state index contributed by atoms with van der Waals surface area (Å²) in [5.74, 6) is 0. The maximum atomic E-state index is 5.87. The Balaban J connectivity index is 1.54. The molecule has 0 unspecified atom stereocenters. The van der Waals surface area contributed by atoms with E-state index in [9.17, 15) is 0 Å². The highest BCUT2D eigenvalue weighted by Crippen LogP contribution is 2.11. The van der Waals surface area contributed by atoms with Crippen LogP contribution in [0.25, 0.3) is 5.52 Å². The Morgan fingerprint density at radius 2 is 1.95 bits per heavy atom. The molecule has 2 heterocycles. The average molecular weight is 286 g/mol. The van der Waals surface area contributed by atoms with Crippen molar-refractivity contribution >= 4 is 17.1 Å². The number of rotatable bonds is 5. The maximum absolute atomic E-state index is 5.87. The second-order valence-corrected chi connectivity index (χ2v) is 5.19. The number of fused-ring (bicyclic) bond motifs is 1. The number of nitrogens with zero attached hydrogens (tertiary/aromatic N) is 2. The van der Waals surface area contributed by atoms with E-state index in [1.807, 2.05) is 41.2 Å². The van der Waals surface area contributed by atoms with Crippen molar-refractivity contribution in [3.8, 4) is 0 Å². The number of nitrogens with one attached hydrogen (secondary N) is 1. The first-order valence-corrected chi connectivity index (χ1v) is 7.07. The highest BCUT2D eigenvalue weighted by molar-refractivity contribution is 6.30. The number of halogens is 1. The average Bonchev–Trinajstić information content (AvgIpc) is 2.89. The highest BCUT2D eigenvalue weighted by Gasteiger charge is 2.02. The van der Waals surface area contributed by atoms with Gasteiger partial charge < -0.3 is 5.32 Å². The molecule has 0 saturated carbocycles. The summed E-state index contributed by atoms with van der Waals surface area (Å²) in [5.41, 5.74) is 3.68. The van der Waals surface area contributed by atoms with E-state index in [1.165, 1.54) is 11.1 Å². The van der Waals surface area contributed by atoms with Crippen molar-refractivity contribution < 1.29 is 0 Å². The zero-order chi connectivity index (χ0) is 13.8. The molecule has 0 radical (unpaired) electrons. The molecule has 1 aromatic carbocycles. The molecule has 0 aliphatic carbocycles. The molecule has 2 aromatic heterocycles. The van der Waals surface area contributed by atoms with Gasteiger partial charge in [0.05, 0.1) is 11.7 Å². The van der Waals surface area contributed by atoms with Gasteiger partial charge >= 0.3 is 0 Å². The minimum absolute atomic E-state index is 0.785. The Morgan fingerprint density at radius 3 is 2.80 bits per heavy atom. The minimum atomic E-state index is 0.785. The summed E-state index contributed by atoms with van der Waals surface area (Å²) in [6.45, 7) is 1.77. The largest absolute Gasteiger partial charge is 0.312 e. The SMILES string of the molecule is Clc1ccc(CCNCc2cnn3ccccc23)cc1. The molecule has 0 saturated heterocycles. The summed E-state index contributed by atoms with van der Waals surface area (Å²) in [7, 11) is 0. The van der Waals surface area contributed by atoms with Gasteiger partial charge in [0.25, 0.3) is 0 Å². The standard InChI is InChI=1S/C16H16ClN3/c17-15-6-4-13(5-7-15)8-9-18-11-14-12-19-20-10-2-1-3-16(14)20/h1-7,10,12,18H,8-9,11H2. The number of hydrogen-bond acceptors (Lipinski definition) is 2. The Labute approximate surface area is 123 Å². The Bertz CT molecular complexity index is 688. The summed E-state index contributed by atoms with van der Waals surface area (Å²) >= 11 is 5.87. The third-order valence-corrected chi connectivity index (χ3v) is 3.58. The topological polar surface area (TPSA) is 29.3 Å². The summed E-state index contributed by atoms with van der Waals surface area (Å²) < 4.78 is 1.90. The lowest BCUT2D eigenvalue weighted by molar-refractivity contribution is 0.689. The fourth-order valence-electron chi connectivity index (χ4n) is 2.23. The first kappa shape index (κ1) is 13.2. The van der Waals surface area contributed by atoms with Crippen LogP contribution in [0.4, 0.5) is 0 Å². The molecule has 3 aromatic rings. The molecule has 0 amide bonds. The van der Waals surface area contributed by atoms with Crippen LogP contribution in [0.3, 0.4) is 0 Å². The van der Waals surface area contributed by atoms with Crippen molar-refractivity contribution in [1.29, 1.82) is 0 Å². The van der Waals surface area contributed by atoms with Gasteiger partial charge in [-0.25, -0.2) is 4.52 Å². The van der Waals surface area contributed by atoms with Crippen molar-refractivity contribution in [2.45, 2.75) is 13.0 Å². The van der Waals surface area contributed by atoms with Gasteiger partial charge in [0.1, 0.15) is 0 Å². The molecule has 0 fully saturated rings. The fraction of sp³-hybridized carbons (Fsp3) is 0.188. The molecular weight excluding hydrogens is 270 g/mol. The van der Waals surface area contributed by atoms with Crippen molar-refractivity contribution in [1.82, 2.24) is 14.9 Å². The second-order valence-electron chi connectivity index (χ2n) is 4.75. The Kier molecular flexibility index (Phi) is 4.00. The molecule has 102 valence electrons. The van der Waals surface area contributed by atoms with E-state index in [2.05, 4.69) is 28.6 Å². The lowest BCUT2D eigenvalue weighted by Crippen LogP contribution is -2.16. The first-order chi connectivity index (χ1) is 9.83. The summed E-state index contributed by atoms with van der Waals surface area (Å²) in [6, 6.07) is 14.1. The molecule has 3 rings (SSSR count). The third kappa shape index (κ3) is 3.00. The minimum Gasteiger partial charge on any atom is -0.312 e. The molecule has 1 N–H and O–H groups in total. The van der Waals surface area contributed by atoms with Crippen molar-refractivity contribution in [3.63, 3.8) is 0 Å². The molecule has 0 aliphatic heterocycles. The predicted molar refractivity (Wildman–Crippen MR) is 82.1 cm³/mol. The van der Waals surface area contributed by atoms with Crippen LogP contribution in [0.15, 0.2) is 54.9 Å². The first-order valence-electron chi connectivity index (χ1n) is 6.69. The Morgan fingerprint density at radius 1 is 1.10 bits per heavy atom. The summed E-state index contributed by atoms with van der Waals surface area (Å²) in [5, 5.41) is 8.57. The van der Waals surface area contributed by atoms with Crippen molar-refractivity contribution in [3.05, 3.63) is 71.0 Å². The van der Waals surface area contributed by atoms with E-state index in [0.717, 1.165) is 30.0 Å². The van der Waals surface area contributed by atoms with E-state index < -0.39 is 0 Å². The van der Waals surface area contributed by atoms with E-state index in [1.54, 1.807) is 0 Å². The second kappa shape index (κ2) is 6.07. The van der Waals surface area contributed by atoms with Crippen LogP contribution in [0, 0.1) is 0 Å². The van der Waals surface area contributed by atoms with Crippen LogP contribution in [0.2, 0.25) is 5.02 Å². The molecule has 0 spiro atoms. The van der Waals surface area contributed by atoms with Crippen LogP contribution >= 0.6 is 11.6 Å². The quantitative estimate of drug-likeness (QED) is 0.729. The molecule has 3 nitrogen and oxygen atoms in total. The zero-order valence-corrected chi connectivity index (χ0v) is 11.8. The van der Waals surface area contributed by atoms with E-state index in [4.69, 9.17) is 11.6 Å². The normalized spacial score (nSPS) is 11.1. The van der Waals surface area contributed by atoms with Crippen LogP contribution in [0.5, 0.6) is 0 Å². The fourth-order valence-corrected chi connectivity index (χ4v) is 2.36.